The molecule has 1 N–H and O–H groups in total. The van der Waals surface area contributed by atoms with Crippen molar-refractivity contribution in [3.8, 4) is 5.75 Å². The molecular weight excluding hydrogens is 290 g/mol. The number of rotatable bonds is 8. The van der Waals surface area contributed by atoms with Crippen LogP contribution in [0.25, 0.3) is 0 Å². The van der Waals surface area contributed by atoms with Crippen molar-refractivity contribution in [2.75, 3.05) is 30.4 Å². The molecule has 0 saturated carbocycles. The van der Waals surface area contributed by atoms with Gasteiger partial charge in [-0.25, -0.2) is 0 Å². The Hall–Kier alpha value is -2.37. The maximum Gasteiger partial charge on any atom is 0.249 e. The first-order valence-corrected chi connectivity index (χ1v) is 8.04. The number of nitrogens with zero attached hydrogens (tertiary/aromatic N) is 4. The molecule has 0 spiro atoms. The predicted molar refractivity (Wildman–Crippen MR) is 93.6 cm³/mol. The van der Waals surface area contributed by atoms with Crippen molar-refractivity contribution in [3.63, 3.8) is 0 Å². The smallest absolute Gasteiger partial charge is 0.249 e. The van der Waals surface area contributed by atoms with Gasteiger partial charge in [0.1, 0.15) is 5.75 Å². The van der Waals surface area contributed by atoms with Crippen LogP contribution in [0.4, 0.5) is 17.5 Å². The van der Waals surface area contributed by atoms with Gasteiger partial charge in [-0.15, -0.1) is 5.10 Å². The third kappa shape index (κ3) is 4.55. The summed E-state index contributed by atoms with van der Waals surface area (Å²) in [5.41, 5.74) is 1.97. The minimum atomic E-state index is 0.476. The quantitative estimate of drug-likeness (QED) is 0.803. The molecule has 2 rings (SSSR count). The van der Waals surface area contributed by atoms with Crippen LogP contribution in [0.2, 0.25) is 0 Å². The van der Waals surface area contributed by atoms with Gasteiger partial charge < -0.3 is 15.0 Å². The van der Waals surface area contributed by atoms with Gasteiger partial charge in [0.05, 0.1) is 19.0 Å². The molecule has 6 nitrogen and oxygen atoms in total. The molecule has 0 amide bonds. The summed E-state index contributed by atoms with van der Waals surface area (Å²) in [7, 11) is 1.65. The zero-order chi connectivity index (χ0) is 16.7. The highest BCUT2D eigenvalue weighted by molar-refractivity contribution is 5.64. The van der Waals surface area contributed by atoms with E-state index in [0.29, 0.717) is 5.95 Å². The molecule has 0 aliphatic rings. The molecule has 0 radical (unpaired) electrons. The number of hydrogen-bond donors (Lipinski definition) is 1. The minimum Gasteiger partial charge on any atom is -0.495 e. The molecule has 0 fully saturated rings. The van der Waals surface area contributed by atoms with Gasteiger partial charge in [-0.1, -0.05) is 19.9 Å². The van der Waals surface area contributed by atoms with Gasteiger partial charge in [-0.3, -0.25) is 0 Å². The molecule has 2 aromatic rings. The maximum absolute atomic E-state index is 5.38. The van der Waals surface area contributed by atoms with E-state index >= 15 is 0 Å². The first kappa shape index (κ1) is 17.0. The van der Waals surface area contributed by atoms with E-state index in [4.69, 9.17) is 4.74 Å². The molecule has 23 heavy (non-hydrogen) atoms. The van der Waals surface area contributed by atoms with Gasteiger partial charge >= 0.3 is 0 Å². The average Bonchev–Trinajstić information content (AvgIpc) is 2.55. The average molecular weight is 315 g/mol. The van der Waals surface area contributed by atoms with Crippen LogP contribution in [0.15, 0.2) is 24.4 Å². The number of hydrogen-bond acceptors (Lipinski definition) is 6. The lowest BCUT2D eigenvalue weighted by atomic mass is 10.2. The Morgan fingerprint density at radius 3 is 2.57 bits per heavy atom. The van der Waals surface area contributed by atoms with E-state index in [-0.39, 0.29) is 0 Å². The summed E-state index contributed by atoms with van der Waals surface area (Å²) in [6.45, 7) is 8.27. The Bertz CT molecular complexity index is 626. The zero-order valence-corrected chi connectivity index (χ0v) is 14.3. The molecule has 0 saturated heterocycles. The van der Waals surface area contributed by atoms with Gasteiger partial charge in [-0.2, -0.15) is 10.1 Å². The molecule has 124 valence electrons. The lowest BCUT2D eigenvalue weighted by Gasteiger charge is -2.22. The Morgan fingerprint density at radius 2 is 1.91 bits per heavy atom. The lowest BCUT2D eigenvalue weighted by molar-refractivity contribution is 0.416. The summed E-state index contributed by atoms with van der Waals surface area (Å²) < 4.78 is 5.38. The van der Waals surface area contributed by atoms with Crippen molar-refractivity contribution >= 4 is 17.5 Å². The molecule has 0 atom stereocenters. The number of aryl methyl sites for hydroxylation is 1. The van der Waals surface area contributed by atoms with E-state index in [0.717, 1.165) is 48.7 Å². The maximum atomic E-state index is 5.38. The third-order valence-electron chi connectivity index (χ3n) is 3.46. The van der Waals surface area contributed by atoms with Gasteiger partial charge in [0.2, 0.25) is 5.95 Å². The van der Waals surface area contributed by atoms with E-state index in [9.17, 15) is 0 Å². The zero-order valence-electron chi connectivity index (χ0n) is 14.3. The Morgan fingerprint density at radius 1 is 1.17 bits per heavy atom. The van der Waals surface area contributed by atoms with Crippen LogP contribution >= 0.6 is 0 Å². The standard InChI is InChI=1S/C17H25N5O/c1-5-9-22(10-6-2)16-12-18-21-17(20-16)19-14-11-13(3)7-8-15(14)23-4/h7-8,11-12H,5-6,9-10H2,1-4H3,(H,19,20,21). The van der Waals surface area contributed by atoms with E-state index in [1.165, 1.54) is 0 Å². The number of aromatic nitrogens is 3. The molecule has 0 aliphatic carbocycles. The molecule has 1 aromatic carbocycles. The SMILES string of the molecule is CCCN(CCC)c1cnnc(Nc2cc(C)ccc2OC)n1. The molecule has 6 heteroatoms. The number of ether oxygens (including phenoxy) is 1. The highest BCUT2D eigenvalue weighted by Gasteiger charge is 2.10. The number of methoxy groups -OCH3 is 1. The second-order valence-electron chi connectivity index (χ2n) is 5.45. The van der Waals surface area contributed by atoms with Gasteiger partial charge in [0, 0.05) is 13.1 Å². The van der Waals surface area contributed by atoms with Crippen LogP contribution in [0.5, 0.6) is 5.75 Å². The summed E-state index contributed by atoms with van der Waals surface area (Å²) in [6, 6.07) is 5.93. The van der Waals surface area contributed by atoms with Crippen LogP contribution in [-0.2, 0) is 0 Å². The fourth-order valence-electron chi connectivity index (χ4n) is 2.42. The van der Waals surface area contributed by atoms with Gasteiger partial charge in [0.25, 0.3) is 0 Å². The monoisotopic (exact) mass is 315 g/mol. The Kier molecular flexibility index (Phi) is 6.14. The van der Waals surface area contributed by atoms with Crippen molar-refractivity contribution < 1.29 is 4.74 Å². The number of benzene rings is 1. The lowest BCUT2D eigenvalue weighted by Crippen LogP contribution is -2.26. The van der Waals surface area contributed by atoms with Crippen LogP contribution in [0.1, 0.15) is 32.3 Å². The summed E-state index contributed by atoms with van der Waals surface area (Å²) >= 11 is 0. The van der Waals surface area contributed by atoms with E-state index < -0.39 is 0 Å². The largest absolute Gasteiger partial charge is 0.495 e. The molecule has 1 heterocycles. The first-order valence-electron chi connectivity index (χ1n) is 8.04. The molecule has 0 unspecified atom stereocenters. The van der Waals surface area contributed by atoms with Gasteiger partial charge in [0.15, 0.2) is 5.82 Å². The fourth-order valence-corrected chi connectivity index (χ4v) is 2.42. The van der Waals surface area contributed by atoms with Gasteiger partial charge in [-0.05, 0) is 37.5 Å². The minimum absolute atomic E-state index is 0.476. The van der Waals surface area contributed by atoms with Crippen molar-refractivity contribution in [2.24, 2.45) is 0 Å². The highest BCUT2D eigenvalue weighted by atomic mass is 16.5. The van der Waals surface area contributed by atoms with Crippen molar-refractivity contribution in [1.82, 2.24) is 15.2 Å². The van der Waals surface area contributed by atoms with Crippen molar-refractivity contribution in [1.29, 1.82) is 0 Å². The summed E-state index contributed by atoms with van der Waals surface area (Å²) in [4.78, 5) is 6.83. The molecule has 0 aliphatic heterocycles. The van der Waals surface area contributed by atoms with Crippen LogP contribution in [-0.4, -0.2) is 35.4 Å². The molecule has 0 bridgehead atoms. The first-order chi connectivity index (χ1) is 11.2. The van der Waals surface area contributed by atoms with E-state index in [1.54, 1.807) is 13.3 Å². The Labute approximate surface area is 137 Å². The van der Waals surface area contributed by atoms with Crippen LogP contribution in [0, 0.1) is 6.92 Å². The second kappa shape index (κ2) is 8.31. The van der Waals surface area contributed by atoms with Crippen molar-refractivity contribution in [3.05, 3.63) is 30.0 Å². The predicted octanol–water partition coefficient (Wildman–Crippen LogP) is 3.56. The Balaban J connectivity index is 2.24. The summed E-state index contributed by atoms with van der Waals surface area (Å²) in [5, 5.41) is 11.4. The summed E-state index contributed by atoms with van der Waals surface area (Å²) in [6.07, 6.45) is 3.85. The van der Waals surface area contributed by atoms with Crippen molar-refractivity contribution in [2.45, 2.75) is 33.6 Å². The second-order valence-corrected chi connectivity index (χ2v) is 5.45. The normalized spacial score (nSPS) is 10.4. The third-order valence-corrected chi connectivity index (χ3v) is 3.46. The number of anilines is 3. The number of nitrogens with one attached hydrogen (secondary N) is 1. The highest BCUT2D eigenvalue weighted by Crippen LogP contribution is 2.27. The van der Waals surface area contributed by atoms with E-state index in [2.05, 4.69) is 39.2 Å². The topological polar surface area (TPSA) is 63.2 Å². The van der Waals surface area contributed by atoms with Crippen LogP contribution < -0.4 is 15.0 Å². The molecule has 1 aromatic heterocycles. The molecular formula is C17H25N5O. The fraction of sp³-hybridized carbons (Fsp3) is 0.471. The summed E-state index contributed by atoms with van der Waals surface area (Å²) in [5.74, 6) is 2.07. The van der Waals surface area contributed by atoms with E-state index in [1.807, 2.05) is 25.1 Å². The van der Waals surface area contributed by atoms with Crippen LogP contribution in [0.3, 0.4) is 0 Å².